The second-order valence-electron chi connectivity index (χ2n) is 4.50. The van der Waals surface area contributed by atoms with Crippen molar-refractivity contribution < 1.29 is 17.9 Å². The summed E-state index contributed by atoms with van der Waals surface area (Å²) in [5.74, 6) is -0.0772. The maximum Gasteiger partial charge on any atom is 0.387 e. The molecule has 0 spiro atoms. The molecular weight excluding hydrogens is 279 g/mol. The molecule has 0 aromatic heterocycles. The van der Waals surface area contributed by atoms with E-state index >= 15 is 0 Å². The van der Waals surface area contributed by atoms with Gasteiger partial charge < -0.3 is 10.1 Å². The summed E-state index contributed by atoms with van der Waals surface area (Å²) in [6, 6.07) is 13.2. The van der Waals surface area contributed by atoms with E-state index in [-0.39, 0.29) is 11.6 Å². The quantitative estimate of drug-likeness (QED) is 0.785. The van der Waals surface area contributed by atoms with Crippen LogP contribution in [-0.2, 0) is 13.0 Å². The number of nitrogens with one attached hydrogen (secondary N) is 1. The minimum Gasteiger partial charge on any atom is -0.434 e. The minimum atomic E-state index is -2.84. The van der Waals surface area contributed by atoms with Crippen LogP contribution in [0.1, 0.15) is 11.1 Å². The Kier molecular flexibility index (Phi) is 5.63. The normalized spacial score (nSPS) is 10.9. The molecule has 2 nitrogen and oxygen atoms in total. The molecule has 2 aromatic carbocycles. The number of benzene rings is 2. The molecule has 0 saturated carbocycles. The molecule has 0 aliphatic heterocycles. The Balaban J connectivity index is 1.85. The average molecular weight is 295 g/mol. The molecule has 0 atom stereocenters. The van der Waals surface area contributed by atoms with Gasteiger partial charge in [0.2, 0.25) is 0 Å². The van der Waals surface area contributed by atoms with E-state index in [0.717, 1.165) is 0 Å². The van der Waals surface area contributed by atoms with Crippen LogP contribution in [0.15, 0.2) is 48.5 Å². The van der Waals surface area contributed by atoms with Crippen molar-refractivity contribution in [2.75, 3.05) is 6.54 Å². The maximum atomic E-state index is 13.4. The van der Waals surface area contributed by atoms with E-state index in [0.29, 0.717) is 30.6 Å². The average Bonchev–Trinajstić information content (AvgIpc) is 2.46. The summed E-state index contributed by atoms with van der Waals surface area (Å²) in [6.45, 7) is -1.91. The molecule has 2 aromatic rings. The van der Waals surface area contributed by atoms with Crippen LogP contribution in [0.3, 0.4) is 0 Å². The summed E-state index contributed by atoms with van der Waals surface area (Å²) in [4.78, 5) is 0. The van der Waals surface area contributed by atoms with Crippen LogP contribution < -0.4 is 10.1 Å². The van der Waals surface area contributed by atoms with E-state index < -0.39 is 6.61 Å². The molecule has 21 heavy (non-hydrogen) atoms. The van der Waals surface area contributed by atoms with Crippen molar-refractivity contribution in [2.45, 2.75) is 19.6 Å². The van der Waals surface area contributed by atoms with Gasteiger partial charge in [0.15, 0.2) is 0 Å². The highest BCUT2D eigenvalue weighted by Gasteiger charge is 2.08. The summed E-state index contributed by atoms with van der Waals surface area (Å²) >= 11 is 0. The summed E-state index contributed by atoms with van der Waals surface area (Å²) in [6.07, 6.45) is 0.532. The van der Waals surface area contributed by atoms with E-state index in [4.69, 9.17) is 0 Å². The van der Waals surface area contributed by atoms with Crippen LogP contribution >= 0.6 is 0 Å². The van der Waals surface area contributed by atoms with Crippen LogP contribution in [0.2, 0.25) is 0 Å². The van der Waals surface area contributed by atoms with E-state index in [1.165, 1.54) is 12.1 Å². The Morgan fingerprint density at radius 3 is 2.33 bits per heavy atom. The first-order valence-corrected chi connectivity index (χ1v) is 6.63. The molecular formula is C16H16F3NO. The summed E-state index contributed by atoms with van der Waals surface area (Å²) in [5, 5.41) is 3.10. The summed E-state index contributed by atoms with van der Waals surface area (Å²) in [5.41, 5.74) is 1.27. The van der Waals surface area contributed by atoms with Crippen LogP contribution in [0.4, 0.5) is 13.2 Å². The molecule has 0 heterocycles. The smallest absolute Gasteiger partial charge is 0.387 e. The number of para-hydroxylation sites is 1. The first kappa shape index (κ1) is 15.4. The lowest BCUT2D eigenvalue weighted by Gasteiger charge is -2.11. The molecule has 0 fully saturated rings. The van der Waals surface area contributed by atoms with Gasteiger partial charge in [0.05, 0.1) is 0 Å². The van der Waals surface area contributed by atoms with Gasteiger partial charge in [0.1, 0.15) is 11.6 Å². The van der Waals surface area contributed by atoms with Crippen molar-refractivity contribution in [1.29, 1.82) is 0 Å². The molecule has 0 amide bonds. The number of hydrogen-bond acceptors (Lipinski definition) is 2. The Morgan fingerprint density at radius 1 is 0.952 bits per heavy atom. The lowest BCUT2D eigenvalue weighted by Crippen LogP contribution is -2.18. The zero-order valence-electron chi connectivity index (χ0n) is 11.4. The van der Waals surface area contributed by atoms with Gasteiger partial charge in [-0.2, -0.15) is 8.78 Å². The fourth-order valence-corrected chi connectivity index (χ4v) is 2.01. The number of ether oxygens (including phenoxy) is 1. The molecule has 0 aliphatic rings. The predicted octanol–water partition coefficient (Wildman–Crippen LogP) is 3.76. The largest absolute Gasteiger partial charge is 0.434 e. The van der Waals surface area contributed by atoms with Crippen molar-refractivity contribution in [3.8, 4) is 5.75 Å². The van der Waals surface area contributed by atoms with Crippen LogP contribution in [0.5, 0.6) is 5.75 Å². The summed E-state index contributed by atoms with van der Waals surface area (Å²) in [7, 11) is 0. The number of rotatable bonds is 7. The zero-order chi connectivity index (χ0) is 15.1. The number of hydrogen-bond donors (Lipinski definition) is 1. The van der Waals surface area contributed by atoms with Gasteiger partial charge >= 0.3 is 6.61 Å². The first-order valence-electron chi connectivity index (χ1n) is 6.63. The molecule has 112 valence electrons. The van der Waals surface area contributed by atoms with Gasteiger partial charge in [0.25, 0.3) is 0 Å². The monoisotopic (exact) mass is 295 g/mol. The summed E-state index contributed by atoms with van der Waals surface area (Å²) < 4.78 is 42.4. The van der Waals surface area contributed by atoms with Gasteiger partial charge in [-0.15, -0.1) is 0 Å². The maximum absolute atomic E-state index is 13.4. The molecule has 5 heteroatoms. The van der Waals surface area contributed by atoms with E-state index in [2.05, 4.69) is 10.1 Å². The Labute approximate surface area is 121 Å². The SMILES string of the molecule is Fc1ccccc1CCNCc1ccccc1OC(F)F. The van der Waals surface area contributed by atoms with Gasteiger partial charge in [-0.25, -0.2) is 4.39 Å². The van der Waals surface area contributed by atoms with Crippen molar-refractivity contribution in [3.63, 3.8) is 0 Å². The van der Waals surface area contributed by atoms with Crippen molar-refractivity contribution in [2.24, 2.45) is 0 Å². The molecule has 0 unspecified atom stereocenters. The minimum absolute atomic E-state index is 0.158. The second kappa shape index (κ2) is 7.69. The Morgan fingerprint density at radius 2 is 1.62 bits per heavy atom. The molecule has 0 saturated heterocycles. The van der Waals surface area contributed by atoms with Gasteiger partial charge in [-0.05, 0) is 30.7 Å². The Bertz CT molecular complexity index is 575. The van der Waals surface area contributed by atoms with Gasteiger partial charge in [-0.3, -0.25) is 0 Å². The van der Waals surface area contributed by atoms with E-state index in [1.807, 2.05) is 0 Å². The molecule has 1 N–H and O–H groups in total. The molecule has 0 radical (unpaired) electrons. The third-order valence-corrected chi connectivity index (χ3v) is 3.03. The zero-order valence-corrected chi connectivity index (χ0v) is 11.4. The fraction of sp³-hybridized carbons (Fsp3) is 0.250. The molecule has 2 rings (SSSR count). The molecule has 0 aliphatic carbocycles. The van der Waals surface area contributed by atoms with Crippen molar-refractivity contribution >= 4 is 0 Å². The van der Waals surface area contributed by atoms with Crippen molar-refractivity contribution in [3.05, 3.63) is 65.5 Å². The van der Waals surface area contributed by atoms with Crippen LogP contribution in [0, 0.1) is 5.82 Å². The lowest BCUT2D eigenvalue weighted by atomic mass is 10.1. The lowest BCUT2D eigenvalue weighted by molar-refractivity contribution is -0.0504. The topological polar surface area (TPSA) is 21.3 Å². The second-order valence-corrected chi connectivity index (χ2v) is 4.50. The van der Waals surface area contributed by atoms with E-state index in [1.54, 1.807) is 36.4 Å². The first-order chi connectivity index (χ1) is 10.2. The van der Waals surface area contributed by atoms with Gasteiger partial charge in [-0.1, -0.05) is 36.4 Å². The standard InChI is InChI=1S/C16H16F3NO/c17-14-7-3-1-5-12(14)9-10-20-11-13-6-2-4-8-15(13)21-16(18)19/h1-8,16,20H,9-11H2. The third-order valence-electron chi connectivity index (χ3n) is 3.03. The molecule has 0 bridgehead atoms. The van der Waals surface area contributed by atoms with Crippen LogP contribution in [0.25, 0.3) is 0 Å². The van der Waals surface area contributed by atoms with E-state index in [9.17, 15) is 13.2 Å². The van der Waals surface area contributed by atoms with Crippen molar-refractivity contribution in [1.82, 2.24) is 5.32 Å². The fourth-order valence-electron chi connectivity index (χ4n) is 2.01. The Hall–Kier alpha value is -2.01. The number of halogens is 3. The highest BCUT2D eigenvalue weighted by atomic mass is 19.3. The predicted molar refractivity (Wildman–Crippen MR) is 74.9 cm³/mol. The third kappa shape index (κ3) is 4.79. The number of alkyl halides is 2. The van der Waals surface area contributed by atoms with Gasteiger partial charge in [0, 0.05) is 12.1 Å². The highest BCUT2D eigenvalue weighted by Crippen LogP contribution is 2.19. The van der Waals surface area contributed by atoms with Crippen LogP contribution in [-0.4, -0.2) is 13.2 Å². The highest BCUT2D eigenvalue weighted by molar-refractivity contribution is 5.33.